The van der Waals surface area contributed by atoms with E-state index in [-0.39, 0.29) is 12.2 Å². The van der Waals surface area contributed by atoms with Crippen molar-refractivity contribution in [2.24, 2.45) is 5.92 Å². The van der Waals surface area contributed by atoms with Gasteiger partial charge in [0.2, 0.25) is 0 Å². The molecule has 5 heteroatoms. The first kappa shape index (κ1) is 18.5. The highest BCUT2D eigenvalue weighted by Crippen LogP contribution is 2.33. The first-order valence-electron chi connectivity index (χ1n) is 9.22. The standard InChI is InChI=1S/C18H34N2O3/c1-5-16(14-6-7-14)19-10-13-22-15-8-11-20(12-9-15)17(21)23-18(2,3)4/h14-16,19H,5-13H2,1-4H3. The van der Waals surface area contributed by atoms with Crippen LogP contribution in [0.3, 0.4) is 0 Å². The normalized spacial score (nSPS) is 21.3. The zero-order valence-electron chi connectivity index (χ0n) is 15.3. The molecule has 0 aromatic carbocycles. The number of ether oxygens (including phenoxy) is 2. The van der Waals surface area contributed by atoms with Crippen molar-refractivity contribution in [3.63, 3.8) is 0 Å². The topological polar surface area (TPSA) is 50.8 Å². The van der Waals surface area contributed by atoms with E-state index in [1.165, 1.54) is 19.3 Å². The summed E-state index contributed by atoms with van der Waals surface area (Å²) in [4.78, 5) is 13.8. The van der Waals surface area contributed by atoms with Gasteiger partial charge in [-0.2, -0.15) is 0 Å². The second-order valence-electron chi connectivity index (χ2n) is 7.84. The highest BCUT2D eigenvalue weighted by molar-refractivity contribution is 5.68. The molecule has 1 amide bonds. The molecule has 2 fully saturated rings. The number of nitrogens with zero attached hydrogens (tertiary/aromatic N) is 1. The fraction of sp³-hybridized carbons (Fsp3) is 0.944. The largest absolute Gasteiger partial charge is 0.444 e. The molecule has 1 saturated carbocycles. The molecule has 5 nitrogen and oxygen atoms in total. The van der Waals surface area contributed by atoms with E-state index >= 15 is 0 Å². The molecule has 1 N–H and O–H groups in total. The molecule has 1 aliphatic carbocycles. The van der Waals surface area contributed by atoms with Crippen molar-refractivity contribution in [2.45, 2.75) is 77.5 Å². The second kappa shape index (κ2) is 8.34. The average Bonchev–Trinajstić information content (AvgIpc) is 3.31. The molecule has 2 aliphatic rings. The number of hydrogen-bond acceptors (Lipinski definition) is 4. The van der Waals surface area contributed by atoms with E-state index in [2.05, 4.69) is 12.2 Å². The summed E-state index contributed by atoms with van der Waals surface area (Å²) in [5.74, 6) is 0.900. The minimum absolute atomic E-state index is 0.201. The van der Waals surface area contributed by atoms with Gasteiger partial charge in [-0.05, 0) is 58.8 Å². The molecule has 1 heterocycles. The Morgan fingerprint density at radius 2 is 1.87 bits per heavy atom. The molecule has 1 unspecified atom stereocenters. The van der Waals surface area contributed by atoms with Gasteiger partial charge in [0.25, 0.3) is 0 Å². The highest BCUT2D eigenvalue weighted by Gasteiger charge is 2.30. The van der Waals surface area contributed by atoms with Crippen LogP contribution in [0.1, 0.15) is 59.8 Å². The maximum atomic E-state index is 12.0. The summed E-state index contributed by atoms with van der Waals surface area (Å²) in [6.07, 6.45) is 5.85. The summed E-state index contributed by atoms with van der Waals surface area (Å²) in [6.45, 7) is 11.1. The average molecular weight is 326 g/mol. The van der Waals surface area contributed by atoms with Gasteiger partial charge in [0.1, 0.15) is 5.60 Å². The van der Waals surface area contributed by atoms with Crippen LogP contribution in [0.5, 0.6) is 0 Å². The number of carbonyl (C=O) groups is 1. The molecule has 1 atom stereocenters. The maximum absolute atomic E-state index is 12.0. The van der Waals surface area contributed by atoms with Crippen LogP contribution in [0.15, 0.2) is 0 Å². The van der Waals surface area contributed by atoms with Crippen LogP contribution in [0.2, 0.25) is 0 Å². The van der Waals surface area contributed by atoms with E-state index in [4.69, 9.17) is 9.47 Å². The Bertz CT molecular complexity index is 369. The molecule has 0 bridgehead atoms. The number of likely N-dealkylation sites (tertiary alicyclic amines) is 1. The van der Waals surface area contributed by atoms with Gasteiger partial charge in [0, 0.05) is 25.7 Å². The summed E-state index contributed by atoms with van der Waals surface area (Å²) >= 11 is 0. The molecular formula is C18H34N2O3. The fourth-order valence-corrected chi connectivity index (χ4v) is 3.14. The molecule has 0 spiro atoms. The smallest absolute Gasteiger partial charge is 0.410 e. The quantitative estimate of drug-likeness (QED) is 0.730. The highest BCUT2D eigenvalue weighted by atomic mass is 16.6. The maximum Gasteiger partial charge on any atom is 0.410 e. The van der Waals surface area contributed by atoms with Gasteiger partial charge >= 0.3 is 6.09 Å². The Hall–Kier alpha value is -0.810. The van der Waals surface area contributed by atoms with Gasteiger partial charge in [0.15, 0.2) is 0 Å². The van der Waals surface area contributed by atoms with Gasteiger partial charge in [-0.25, -0.2) is 4.79 Å². The minimum Gasteiger partial charge on any atom is -0.444 e. The lowest BCUT2D eigenvalue weighted by Gasteiger charge is -2.33. The van der Waals surface area contributed by atoms with Gasteiger partial charge in [-0.3, -0.25) is 0 Å². The van der Waals surface area contributed by atoms with Crippen molar-refractivity contribution < 1.29 is 14.3 Å². The van der Waals surface area contributed by atoms with E-state index in [0.717, 1.165) is 45.0 Å². The van der Waals surface area contributed by atoms with Crippen molar-refractivity contribution in [2.75, 3.05) is 26.2 Å². The van der Waals surface area contributed by atoms with Crippen LogP contribution in [0.4, 0.5) is 4.79 Å². The third-order valence-electron chi connectivity index (χ3n) is 4.59. The SMILES string of the molecule is CCC(NCCOC1CCN(C(=O)OC(C)(C)C)CC1)C1CC1. The molecule has 134 valence electrons. The van der Waals surface area contributed by atoms with E-state index in [1.54, 1.807) is 4.90 Å². The van der Waals surface area contributed by atoms with Gasteiger partial charge in [-0.15, -0.1) is 0 Å². The molecule has 1 saturated heterocycles. The van der Waals surface area contributed by atoms with Crippen molar-refractivity contribution in [1.82, 2.24) is 10.2 Å². The lowest BCUT2D eigenvalue weighted by atomic mass is 10.1. The lowest BCUT2D eigenvalue weighted by Crippen LogP contribution is -2.44. The first-order valence-corrected chi connectivity index (χ1v) is 9.22. The predicted octanol–water partition coefficient (Wildman–Crippen LogP) is 3.18. The summed E-state index contributed by atoms with van der Waals surface area (Å²) < 4.78 is 11.4. The van der Waals surface area contributed by atoms with Crippen LogP contribution in [0.25, 0.3) is 0 Å². The Kier molecular flexibility index (Phi) is 6.72. The Morgan fingerprint density at radius 1 is 1.22 bits per heavy atom. The third kappa shape index (κ3) is 6.68. The van der Waals surface area contributed by atoms with Crippen LogP contribution in [-0.2, 0) is 9.47 Å². The number of carbonyl (C=O) groups excluding carboxylic acids is 1. The summed E-state index contributed by atoms with van der Waals surface area (Å²) in [5.41, 5.74) is -0.423. The van der Waals surface area contributed by atoms with E-state index in [9.17, 15) is 4.79 Å². The van der Waals surface area contributed by atoms with Gasteiger partial charge in [-0.1, -0.05) is 6.92 Å². The second-order valence-corrected chi connectivity index (χ2v) is 7.84. The Labute approximate surface area is 141 Å². The van der Waals surface area contributed by atoms with Crippen LogP contribution in [-0.4, -0.2) is 55.0 Å². The summed E-state index contributed by atoms with van der Waals surface area (Å²) in [7, 11) is 0. The molecule has 0 radical (unpaired) electrons. The fourth-order valence-electron chi connectivity index (χ4n) is 3.14. The van der Waals surface area contributed by atoms with Gasteiger partial charge in [0.05, 0.1) is 12.7 Å². The molecule has 1 aliphatic heterocycles. The third-order valence-corrected chi connectivity index (χ3v) is 4.59. The molecule has 0 aromatic rings. The van der Waals surface area contributed by atoms with Crippen LogP contribution >= 0.6 is 0 Å². The summed E-state index contributed by atoms with van der Waals surface area (Å²) in [6, 6.07) is 0.674. The van der Waals surface area contributed by atoms with Crippen molar-refractivity contribution in [1.29, 1.82) is 0 Å². The monoisotopic (exact) mass is 326 g/mol. The Morgan fingerprint density at radius 3 is 2.39 bits per heavy atom. The lowest BCUT2D eigenvalue weighted by molar-refractivity contribution is -0.0108. The zero-order chi connectivity index (χ0) is 16.9. The summed E-state index contributed by atoms with van der Waals surface area (Å²) in [5, 5.41) is 3.61. The van der Waals surface area contributed by atoms with Crippen LogP contribution in [0, 0.1) is 5.92 Å². The zero-order valence-corrected chi connectivity index (χ0v) is 15.3. The number of rotatable bonds is 7. The van der Waals surface area contributed by atoms with Gasteiger partial charge < -0.3 is 19.7 Å². The first-order chi connectivity index (χ1) is 10.9. The van der Waals surface area contributed by atoms with Crippen molar-refractivity contribution in [3.05, 3.63) is 0 Å². The van der Waals surface area contributed by atoms with Crippen LogP contribution < -0.4 is 5.32 Å². The Balaban J connectivity index is 1.56. The number of hydrogen-bond donors (Lipinski definition) is 1. The molecule has 2 rings (SSSR count). The van der Waals surface area contributed by atoms with E-state index in [0.29, 0.717) is 6.04 Å². The minimum atomic E-state index is -0.423. The van der Waals surface area contributed by atoms with E-state index < -0.39 is 5.60 Å². The van der Waals surface area contributed by atoms with Crippen molar-refractivity contribution in [3.8, 4) is 0 Å². The number of nitrogens with one attached hydrogen (secondary N) is 1. The molecule has 23 heavy (non-hydrogen) atoms. The number of amides is 1. The number of piperidine rings is 1. The molecular weight excluding hydrogens is 292 g/mol. The predicted molar refractivity (Wildman–Crippen MR) is 91.6 cm³/mol. The van der Waals surface area contributed by atoms with E-state index in [1.807, 2.05) is 20.8 Å². The molecule has 0 aromatic heterocycles. The van der Waals surface area contributed by atoms with Crippen molar-refractivity contribution >= 4 is 6.09 Å².